The van der Waals surface area contributed by atoms with Crippen molar-refractivity contribution in [1.82, 2.24) is 14.9 Å². The molecular weight excluding hydrogens is 492 g/mol. The quantitative estimate of drug-likeness (QED) is 0.318. The second kappa shape index (κ2) is 12.3. The molecule has 0 bridgehead atoms. The third-order valence-corrected chi connectivity index (χ3v) is 9.38. The minimum Gasteiger partial charge on any atom is -0.373 e. The van der Waals surface area contributed by atoms with E-state index < -0.39 is 0 Å². The highest BCUT2D eigenvalue weighted by Gasteiger charge is 2.31. The number of hydrogen-bond donors (Lipinski definition) is 0. The van der Waals surface area contributed by atoms with Crippen LogP contribution in [-0.4, -0.2) is 74.3 Å². The van der Waals surface area contributed by atoms with Gasteiger partial charge >= 0.3 is 0 Å². The van der Waals surface area contributed by atoms with Crippen LogP contribution in [0.4, 0.5) is 17.2 Å². The van der Waals surface area contributed by atoms with Crippen LogP contribution in [0, 0.1) is 0 Å². The van der Waals surface area contributed by atoms with Gasteiger partial charge in [-0.15, -0.1) is 0 Å². The molecule has 214 valence electrons. The van der Waals surface area contributed by atoms with Gasteiger partial charge in [-0.1, -0.05) is 32.0 Å². The zero-order chi connectivity index (χ0) is 27.5. The van der Waals surface area contributed by atoms with Gasteiger partial charge in [-0.05, 0) is 93.8 Å². The Morgan fingerprint density at radius 3 is 2.23 bits per heavy atom. The Morgan fingerprint density at radius 1 is 0.775 bits per heavy atom. The Hall–Kier alpha value is -2.86. The van der Waals surface area contributed by atoms with Gasteiger partial charge in [0.1, 0.15) is 11.6 Å². The van der Waals surface area contributed by atoms with Crippen molar-refractivity contribution in [2.75, 3.05) is 74.1 Å². The summed E-state index contributed by atoms with van der Waals surface area (Å²) in [5, 5.41) is 1.22. The van der Waals surface area contributed by atoms with Crippen LogP contribution in [0.3, 0.4) is 0 Å². The molecule has 0 amide bonds. The Bertz CT molecular complexity index is 1270. The van der Waals surface area contributed by atoms with Crippen LogP contribution < -0.4 is 14.7 Å². The summed E-state index contributed by atoms with van der Waals surface area (Å²) in [7, 11) is 2.23. The average molecular weight is 541 g/mol. The van der Waals surface area contributed by atoms with Crippen molar-refractivity contribution in [2.24, 2.45) is 0 Å². The van der Waals surface area contributed by atoms with Crippen molar-refractivity contribution < 1.29 is 0 Å². The lowest BCUT2D eigenvalue weighted by atomic mass is 9.87. The summed E-state index contributed by atoms with van der Waals surface area (Å²) in [5.74, 6) is 3.42. The summed E-state index contributed by atoms with van der Waals surface area (Å²) >= 11 is 0. The maximum Gasteiger partial charge on any atom is 0.140 e. The van der Waals surface area contributed by atoms with Gasteiger partial charge < -0.3 is 19.6 Å². The number of anilines is 3. The van der Waals surface area contributed by atoms with Crippen molar-refractivity contribution in [2.45, 2.75) is 70.6 Å². The van der Waals surface area contributed by atoms with Gasteiger partial charge in [-0.2, -0.15) is 0 Å². The molecule has 0 radical (unpaired) electrons. The van der Waals surface area contributed by atoms with E-state index in [-0.39, 0.29) is 0 Å². The van der Waals surface area contributed by atoms with E-state index in [4.69, 9.17) is 9.97 Å². The lowest BCUT2D eigenvalue weighted by Gasteiger charge is -2.39. The van der Waals surface area contributed by atoms with Gasteiger partial charge in [0.15, 0.2) is 0 Å². The molecule has 3 saturated heterocycles. The van der Waals surface area contributed by atoms with Gasteiger partial charge in [-0.25, -0.2) is 9.97 Å². The second-order valence-corrected chi connectivity index (χ2v) is 12.0. The van der Waals surface area contributed by atoms with Crippen LogP contribution in [0.5, 0.6) is 0 Å². The highest BCUT2D eigenvalue weighted by Crippen LogP contribution is 2.42. The Labute approximate surface area is 241 Å². The maximum absolute atomic E-state index is 5.24. The minimum absolute atomic E-state index is 0.557. The fourth-order valence-electron chi connectivity index (χ4n) is 6.63. The molecule has 6 nitrogen and oxygen atoms in total. The molecule has 40 heavy (non-hydrogen) atoms. The average Bonchev–Trinajstić information content (AvgIpc) is 3.70. The van der Waals surface area contributed by atoms with Crippen LogP contribution in [-0.2, 0) is 0 Å². The van der Waals surface area contributed by atoms with Gasteiger partial charge in [0, 0.05) is 69.0 Å². The van der Waals surface area contributed by atoms with E-state index in [1.165, 1.54) is 93.7 Å². The summed E-state index contributed by atoms with van der Waals surface area (Å²) in [6, 6.07) is 16.0. The van der Waals surface area contributed by atoms with Crippen LogP contribution in [0.25, 0.3) is 10.9 Å². The summed E-state index contributed by atoms with van der Waals surface area (Å²) in [5.41, 5.74) is 5.42. The number of fused-ring (bicyclic) bond motifs is 1. The molecule has 0 unspecified atom stereocenters. The Morgan fingerprint density at radius 2 is 1.52 bits per heavy atom. The first-order valence-corrected chi connectivity index (χ1v) is 16.1. The maximum atomic E-state index is 5.24. The van der Waals surface area contributed by atoms with Crippen LogP contribution >= 0.6 is 0 Å². The molecular formula is C34H48N6. The van der Waals surface area contributed by atoms with Gasteiger partial charge in [0.05, 0.1) is 5.52 Å². The van der Waals surface area contributed by atoms with E-state index in [9.17, 15) is 0 Å². The first kappa shape index (κ1) is 27.3. The van der Waals surface area contributed by atoms with Crippen molar-refractivity contribution in [3.63, 3.8) is 0 Å². The standard InChI is InChI=1S/C32H42N6.C2H6/c1-35(21-22-36-15-4-5-16-36)26-11-12-29-28(23-26)32(34-31(33-29)25-9-10-25)38-19-13-24(14-20-38)27-7-2-3-8-30(27)37-17-6-18-37;1-2/h2-3,7-8,11-12,23-25H,4-6,9-10,13-22H2,1H3;1-2H3. The van der Waals surface area contributed by atoms with Crippen molar-refractivity contribution in [3.8, 4) is 0 Å². The Kier molecular flexibility index (Phi) is 8.43. The van der Waals surface area contributed by atoms with Crippen molar-refractivity contribution in [1.29, 1.82) is 0 Å². The smallest absolute Gasteiger partial charge is 0.140 e. The number of rotatable bonds is 8. The lowest BCUT2D eigenvalue weighted by molar-refractivity contribution is 0.346. The first-order chi connectivity index (χ1) is 19.7. The molecule has 1 aliphatic carbocycles. The number of likely N-dealkylation sites (N-methyl/N-ethyl adjacent to an activating group) is 1. The normalized spacial score (nSPS) is 19.9. The van der Waals surface area contributed by atoms with Crippen molar-refractivity contribution in [3.05, 3.63) is 53.9 Å². The largest absolute Gasteiger partial charge is 0.373 e. The molecule has 0 spiro atoms. The molecule has 2 aromatic carbocycles. The highest BCUT2D eigenvalue weighted by molar-refractivity contribution is 5.92. The molecule has 0 N–H and O–H groups in total. The number of hydrogen-bond acceptors (Lipinski definition) is 6. The first-order valence-electron chi connectivity index (χ1n) is 16.1. The summed E-state index contributed by atoms with van der Waals surface area (Å²) in [6.07, 6.45) is 8.87. The fourth-order valence-corrected chi connectivity index (χ4v) is 6.63. The highest BCUT2D eigenvalue weighted by atomic mass is 15.2. The van der Waals surface area contributed by atoms with E-state index in [2.05, 4.69) is 69.1 Å². The van der Waals surface area contributed by atoms with E-state index in [1.54, 1.807) is 5.56 Å². The predicted octanol–water partition coefficient (Wildman–Crippen LogP) is 6.66. The van der Waals surface area contributed by atoms with E-state index in [0.717, 1.165) is 37.5 Å². The molecule has 1 aromatic heterocycles. The number of nitrogens with zero attached hydrogens (tertiary/aromatic N) is 6. The third-order valence-electron chi connectivity index (χ3n) is 9.38. The predicted molar refractivity (Wildman–Crippen MR) is 169 cm³/mol. The summed E-state index contributed by atoms with van der Waals surface area (Å²) in [6.45, 7) is 13.3. The van der Waals surface area contributed by atoms with Crippen LogP contribution in [0.1, 0.15) is 82.0 Å². The second-order valence-electron chi connectivity index (χ2n) is 12.0. The fraction of sp³-hybridized carbons (Fsp3) is 0.588. The molecule has 3 aliphatic heterocycles. The Balaban J connectivity index is 0.00000142. The molecule has 4 fully saturated rings. The van der Waals surface area contributed by atoms with Crippen molar-refractivity contribution >= 4 is 28.1 Å². The molecule has 4 aliphatic rings. The number of benzene rings is 2. The topological polar surface area (TPSA) is 38.7 Å². The van der Waals surface area contributed by atoms with Crippen LogP contribution in [0.2, 0.25) is 0 Å². The van der Waals surface area contributed by atoms with E-state index in [0.29, 0.717) is 11.8 Å². The number of likely N-dealkylation sites (tertiary alicyclic amines) is 1. The van der Waals surface area contributed by atoms with Gasteiger partial charge in [0.2, 0.25) is 0 Å². The number of aromatic nitrogens is 2. The van der Waals surface area contributed by atoms with E-state index >= 15 is 0 Å². The number of piperidine rings is 1. The lowest BCUT2D eigenvalue weighted by Crippen LogP contribution is -2.39. The minimum atomic E-state index is 0.557. The molecule has 0 atom stereocenters. The van der Waals surface area contributed by atoms with E-state index in [1.807, 2.05) is 13.8 Å². The summed E-state index contributed by atoms with van der Waals surface area (Å²) < 4.78 is 0. The van der Waals surface area contributed by atoms with Crippen LogP contribution in [0.15, 0.2) is 42.5 Å². The van der Waals surface area contributed by atoms with Gasteiger partial charge in [-0.3, -0.25) is 0 Å². The molecule has 6 heteroatoms. The zero-order valence-corrected chi connectivity index (χ0v) is 25.0. The monoisotopic (exact) mass is 540 g/mol. The zero-order valence-electron chi connectivity index (χ0n) is 25.0. The third kappa shape index (κ3) is 5.79. The molecule has 3 aromatic rings. The molecule has 7 rings (SSSR count). The molecule has 1 saturated carbocycles. The van der Waals surface area contributed by atoms with Gasteiger partial charge in [0.25, 0.3) is 0 Å². The number of para-hydroxylation sites is 1. The summed E-state index contributed by atoms with van der Waals surface area (Å²) in [4.78, 5) is 20.4. The SMILES string of the molecule is CC.CN(CCN1CCCC1)c1ccc2nc(C3CC3)nc(N3CCC(c4ccccc4N4CCC4)CC3)c2c1. The molecule has 4 heterocycles.